The average molecular weight is 456 g/mol. The largest absolute Gasteiger partial charge is 0.508 e. The van der Waals surface area contributed by atoms with Crippen LogP contribution < -0.4 is 9.64 Å². The van der Waals surface area contributed by atoms with E-state index in [0.29, 0.717) is 11.5 Å². The molecule has 0 aliphatic heterocycles. The Morgan fingerprint density at radius 3 is 1.56 bits per heavy atom. The van der Waals surface area contributed by atoms with Gasteiger partial charge in [-0.15, -0.1) is 0 Å². The molecule has 5 nitrogen and oxygen atoms in total. The van der Waals surface area contributed by atoms with Crippen molar-refractivity contribution in [1.29, 1.82) is 0 Å². The minimum Gasteiger partial charge on any atom is -0.508 e. The Bertz CT molecular complexity index is 1250. The predicted octanol–water partition coefficient (Wildman–Crippen LogP) is 7.61. The monoisotopic (exact) mass is 455 g/mol. The summed E-state index contributed by atoms with van der Waals surface area (Å²) in [5, 5.41) is 30.2. The van der Waals surface area contributed by atoms with Crippen LogP contribution in [0, 0.1) is 34.6 Å². The molecule has 0 unspecified atom stereocenters. The maximum absolute atomic E-state index is 10.1. The van der Waals surface area contributed by atoms with Crippen LogP contribution in [0.5, 0.6) is 28.7 Å². The highest BCUT2D eigenvalue weighted by molar-refractivity contribution is 5.84. The molecule has 4 aromatic rings. The number of rotatable bonds is 5. The second kappa shape index (κ2) is 9.02. The molecule has 0 fully saturated rings. The highest BCUT2D eigenvalue weighted by Gasteiger charge is 2.22. The summed E-state index contributed by atoms with van der Waals surface area (Å²) in [4.78, 5) is 2.13. The molecule has 174 valence electrons. The first kappa shape index (κ1) is 23.1. The van der Waals surface area contributed by atoms with Crippen LogP contribution in [0.2, 0.25) is 0 Å². The zero-order chi connectivity index (χ0) is 24.6. The third-order valence-electron chi connectivity index (χ3n) is 5.75. The molecular weight excluding hydrogens is 426 g/mol. The molecule has 0 amide bonds. The quantitative estimate of drug-likeness (QED) is 0.289. The number of aromatic hydroxyl groups is 3. The van der Waals surface area contributed by atoms with E-state index in [1.54, 1.807) is 36.4 Å². The highest BCUT2D eigenvalue weighted by Crippen LogP contribution is 2.44. The molecule has 34 heavy (non-hydrogen) atoms. The van der Waals surface area contributed by atoms with E-state index in [0.717, 1.165) is 44.9 Å². The lowest BCUT2D eigenvalue weighted by Crippen LogP contribution is -2.15. The van der Waals surface area contributed by atoms with Crippen molar-refractivity contribution < 1.29 is 20.1 Å². The summed E-state index contributed by atoms with van der Waals surface area (Å²) in [6.45, 7) is 9.77. The minimum absolute atomic E-state index is 0.151. The molecule has 0 saturated heterocycles. The number of aryl methyl sites for hydroxylation is 5. The lowest BCUT2D eigenvalue weighted by atomic mass is 10.0. The molecule has 0 bridgehead atoms. The van der Waals surface area contributed by atoms with Gasteiger partial charge in [0.05, 0.1) is 11.4 Å². The van der Waals surface area contributed by atoms with Crippen LogP contribution >= 0.6 is 0 Å². The van der Waals surface area contributed by atoms with E-state index in [9.17, 15) is 15.3 Å². The second-order valence-corrected chi connectivity index (χ2v) is 8.80. The van der Waals surface area contributed by atoms with Crippen LogP contribution in [0.3, 0.4) is 0 Å². The van der Waals surface area contributed by atoms with Gasteiger partial charge in [0.1, 0.15) is 28.7 Å². The van der Waals surface area contributed by atoms with E-state index in [4.69, 9.17) is 4.74 Å². The fourth-order valence-corrected chi connectivity index (χ4v) is 4.55. The number of phenols is 3. The lowest BCUT2D eigenvalue weighted by molar-refractivity contribution is 0.454. The highest BCUT2D eigenvalue weighted by atomic mass is 16.5. The maximum Gasteiger partial charge on any atom is 0.131 e. The van der Waals surface area contributed by atoms with Crippen molar-refractivity contribution >= 4 is 17.1 Å². The van der Waals surface area contributed by atoms with Gasteiger partial charge in [0.15, 0.2) is 0 Å². The Balaban J connectivity index is 1.90. The van der Waals surface area contributed by atoms with Crippen LogP contribution in [0.1, 0.15) is 27.8 Å². The molecule has 3 N–H and O–H groups in total. The van der Waals surface area contributed by atoms with Gasteiger partial charge in [-0.2, -0.15) is 0 Å². The van der Waals surface area contributed by atoms with E-state index < -0.39 is 0 Å². The number of anilines is 3. The van der Waals surface area contributed by atoms with Gasteiger partial charge in [-0.25, -0.2) is 0 Å². The number of phenolic OH excluding ortho intramolecular Hbond substituents is 3. The van der Waals surface area contributed by atoms with E-state index in [1.165, 1.54) is 0 Å². The first-order valence-electron chi connectivity index (χ1n) is 11.1. The Labute approximate surface area is 200 Å². The molecule has 0 saturated carbocycles. The van der Waals surface area contributed by atoms with Crippen molar-refractivity contribution in [2.24, 2.45) is 0 Å². The van der Waals surface area contributed by atoms with Gasteiger partial charge in [0.25, 0.3) is 0 Å². The van der Waals surface area contributed by atoms with Crippen molar-refractivity contribution in [1.82, 2.24) is 0 Å². The molecule has 0 radical (unpaired) electrons. The van der Waals surface area contributed by atoms with E-state index >= 15 is 0 Å². The molecule has 0 aliphatic rings. The Hall–Kier alpha value is -4.12. The van der Waals surface area contributed by atoms with Crippen molar-refractivity contribution in [3.63, 3.8) is 0 Å². The van der Waals surface area contributed by atoms with Crippen LogP contribution in [0.4, 0.5) is 17.1 Å². The van der Waals surface area contributed by atoms with Gasteiger partial charge in [0.2, 0.25) is 0 Å². The van der Waals surface area contributed by atoms with Gasteiger partial charge in [-0.05, 0) is 111 Å². The Morgan fingerprint density at radius 1 is 0.559 bits per heavy atom. The van der Waals surface area contributed by atoms with Crippen LogP contribution in [0.25, 0.3) is 0 Å². The number of hydrogen-bond donors (Lipinski definition) is 3. The zero-order valence-corrected chi connectivity index (χ0v) is 20.0. The van der Waals surface area contributed by atoms with E-state index in [1.807, 2.05) is 65.0 Å². The maximum atomic E-state index is 10.1. The number of nitrogens with zero attached hydrogens (tertiary/aromatic N) is 1. The summed E-state index contributed by atoms with van der Waals surface area (Å²) < 4.78 is 6.10. The molecular formula is C29H29NO4. The van der Waals surface area contributed by atoms with Gasteiger partial charge in [-0.3, -0.25) is 0 Å². The van der Waals surface area contributed by atoms with E-state index in [-0.39, 0.29) is 17.2 Å². The molecule has 4 aromatic carbocycles. The third-order valence-corrected chi connectivity index (χ3v) is 5.75. The predicted molar refractivity (Wildman–Crippen MR) is 136 cm³/mol. The smallest absolute Gasteiger partial charge is 0.131 e. The second-order valence-electron chi connectivity index (χ2n) is 8.80. The molecule has 0 aromatic heterocycles. The molecule has 0 atom stereocenters. The van der Waals surface area contributed by atoms with Gasteiger partial charge in [0, 0.05) is 17.8 Å². The first-order chi connectivity index (χ1) is 16.1. The van der Waals surface area contributed by atoms with Crippen LogP contribution in [-0.4, -0.2) is 15.3 Å². The standard InChI is InChI=1S/C29H29NO4/c1-17-9-23(31)16-27(10-17)34-26-8-6-7-22(15-26)30(28-18(2)11-24(32)12-19(28)3)29-20(4)13-25(33)14-21(29)5/h6-16,31-33H,1-5H3. The van der Waals surface area contributed by atoms with Gasteiger partial charge < -0.3 is 25.0 Å². The Kier molecular flexibility index (Phi) is 6.12. The minimum atomic E-state index is 0.151. The van der Waals surface area contributed by atoms with Gasteiger partial charge in [-0.1, -0.05) is 6.07 Å². The fraction of sp³-hybridized carbons (Fsp3) is 0.172. The molecule has 0 aliphatic carbocycles. The average Bonchev–Trinajstić information content (AvgIpc) is 2.70. The van der Waals surface area contributed by atoms with E-state index in [2.05, 4.69) is 4.90 Å². The summed E-state index contributed by atoms with van der Waals surface area (Å²) in [7, 11) is 0. The van der Waals surface area contributed by atoms with Gasteiger partial charge >= 0.3 is 0 Å². The topological polar surface area (TPSA) is 73.2 Å². The summed E-state index contributed by atoms with van der Waals surface area (Å²) in [5.41, 5.74) is 7.32. The Morgan fingerprint density at radius 2 is 1.06 bits per heavy atom. The summed E-state index contributed by atoms with van der Waals surface area (Å²) >= 11 is 0. The molecule has 0 heterocycles. The van der Waals surface area contributed by atoms with Crippen molar-refractivity contribution in [2.75, 3.05) is 4.90 Å². The lowest BCUT2D eigenvalue weighted by Gasteiger charge is -2.31. The van der Waals surface area contributed by atoms with Crippen LogP contribution in [0.15, 0.2) is 66.7 Å². The third kappa shape index (κ3) is 4.64. The normalized spacial score (nSPS) is 10.9. The number of ether oxygens (including phenoxy) is 1. The SMILES string of the molecule is Cc1cc(O)cc(Oc2cccc(N(c3c(C)cc(O)cc3C)c3c(C)cc(O)cc3C)c2)c1. The van der Waals surface area contributed by atoms with Crippen LogP contribution in [-0.2, 0) is 0 Å². The molecule has 5 heteroatoms. The summed E-state index contributed by atoms with van der Waals surface area (Å²) in [6, 6.07) is 19.8. The molecule has 4 rings (SSSR count). The zero-order valence-electron chi connectivity index (χ0n) is 20.0. The summed E-state index contributed by atoms with van der Waals surface area (Å²) in [5.74, 6) is 1.76. The summed E-state index contributed by atoms with van der Waals surface area (Å²) in [6.07, 6.45) is 0. The van der Waals surface area contributed by atoms with Crippen molar-refractivity contribution in [3.8, 4) is 28.7 Å². The number of hydrogen-bond acceptors (Lipinski definition) is 5. The molecule has 0 spiro atoms. The first-order valence-corrected chi connectivity index (χ1v) is 11.1. The van der Waals surface area contributed by atoms with Crippen molar-refractivity contribution in [3.05, 3.63) is 94.5 Å². The fourth-order valence-electron chi connectivity index (χ4n) is 4.55. The number of benzene rings is 4. The van der Waals surface area contributed by atoms with Crippen molar-refractivity contribution in [2.45, 2.75) is 34.6 Å².